The van der Waals surface area contributed by atoms with Gasteiger partial charge in [0.15, 0.2) is 5.79 Å². The summed E-state index contributed by atoms with van der Waals surface area (Å²) >= 11 is 0. The molecule has 0 aromatic heterocycles. The maximum atomic E-state index is 12.9. The first-order valence-electron chi connectivity index (χ1n) is 11.7. The van der Waals surface area contributed by atoms with Gasteiger partial charge in [0.1, 0.15) is 48.7 Å². The average molecular weight is 503 g/mol. The molecule has 0 spiro atoms. The quantitative estimate of drug-likeness (QED) is 0.293. The zero-order valence-electron chi connectivity index (χ0n) is 21.4. The second kappa shape index (κ2) is 14.0. The molecule has 2 rings (SSSR count). The predicted molar refractivity (Wildman–Crippen MR) is 134 cm³/mol. The number of hydrogen-bond acceptors (Lipinski definition) is 7. The molecular formula is C28H35FO7. The van der Waals surface area contributed by atoms with Gasteiger partial charge in [-0.25, -0.2) is 9.18 Å². The molecule has 1 aromatic rings. The maximum absolute atomic E-state index is 12.9. The highest BCUT2D eigenvalue weighted by Gasteiger charge is 2.40. The third kappa shape index (κ3) is 12.1. The number of rotatable bonds is 10. The van der Waals surface area contributed by atoms with Gasteiger partial charge in [-0.05, 0) is 77.1 Å². The van der Waals surface area contributed by atoms with Gasteiger partial charge in [-0.3, -0.25) is 0 Å². The summed E-state index contributed by atoms with van der Waals surface area (Å²) in [6.45, 7) is 9.07. The van der Waals surface area contributed by atoms with Crippen molar-refractivity contribution in [2.24, 2.45) is 0 Å². The number of ether oxygens (including phenoxy) is 5. The highest BCUT2D eigenvalue weighted by atomic mass is 19.1. The van der Waals surface area contributed by atoms with E-state index < -0.39 is 23.5 Å². The van der Waals surface area contributed by atoms with Crippen LogP contribution in [0.3, 0.4) is 0 Å². The Morgan fingerprint density at radius 1 is 1.17 bits per heavy atom. The Hall–Kier alpha value is -2.96. The van der Waals surface area contributed by atoms with Gasteiger partial charge in [0.05, 0.1) is 6.61 Å². The van der Waals surface area contributed by atoms with Crippen molar-refractivity contribution in [3.8, 4) is 17.6 Å². The largest absolute Gasteiger partial charge is 0.491 e. The van der Waals surface area contributed by atoms with Gasteiger partial charge in [0, 0.05) is 0 Å². The number of halogens is 1. The zero-order valence-corrected chi connectivity index (χ0v) is 21.4. The van der Waals surface area contributed by atoms with E-state index in [1.807, 2.05) is 19.9 Å². The molecule has 8 heteroatoms. The molecule has 1 heterocycles. The van der Waals surface area contributed by atoms with Gasteiger partial charge in [0.25, 0.3) is 0 Å². The lowest BCUT2D eigenvalue weighted by Gasteiger charge is -2.20. The van der Waals surface area contributed by atoms with Crippen molar-refractivity contribution in [3.63, 3.8) is 0 Å². The maximum Gasteiger partial charge on any atom is 0.332 e. The first-order chi connectivity index (χ1) is 16.9. The summed E-state index contributed by atoms with van der Waals surface area (Å²) < 4.78 is 40.7. The van der Waals surface area contributed by atoms with E-state index in [1.54, 1.807) is 39.0 Å². The number of benzene rings is 1. The Morgan fingerprint density at radius 3 is 2.56 bits per heavy atom. The molecule has 7 nitrogen and oxygen atoms in total. The molecule has 3 atom stereocenters. The first-order valence-corrected chi connectivity index (χ1v) is 11.7. The number of esters is 1. The van der Waals surface area contributed by atoms with E-state index in [9.17, 15) is 14.3 Å². The number of allylic oxidation sites excluding steroid dienone is 4. The van der Waals surface area contributed by atoms with Crippen molar-refractivity contribution in [2.75, 3.05) is 19.8 Å². The van der Waals surface area contributed by atoms with Gasteiger partial charge >= 0.3 is 5.97 Å². The number of carbonyl (C=O) groups excluding carboxylic acids is 1. The summed E-state index contributed by atoms with van der Waals surface area (Å²) in [6.07, 6.45) is 8.49. The van der Waals surface area contributed by atoms with Crippen molar-refractivity contribution in [1.82, 2.24) is 0 Å². The van der Waals surface area contributed by atoms with Gasteiger partial charge in [0.2, 0.25) is 0 Å². The molecule has 0 amide bonds. The second-order valence-corrected chi connectivity index (χ2v) is 9.46. The van der Waals surface area contributed by atoms with Crippen molar-refractivity contribution < 1.29 is 38.0 Å². The molecule has 1 N–H and O–H groups in total. The van der Waals surface area contributed by atoms with Crippen LogP contribution in [0.4, 0.5) is 4.39 Å². The van der Waals surface area contributed by atoms with Crippen LogP contribution in [0.2, 0.25) is 0 Å². The van der Waals surface area contributed by atoms with Gasteiger partial charge in [-0.1, -0.05) is 30.1 Å². The summed E-state index contributed by atoms with van der Waals surface area (Å²) in [5.41, 5.74) is -0.564. The molecular weight excluding hydrogens is 467 g/mol. The minimum atomic E-state index is -0.842. The van der Waals surface area contributed by atoms with Crippen molar-refractivity contribution in [3.05, 3.63) is 66.5 Å². The number of aliphatic hydroxyl groups excluding tert-OH is 1. The Morgan fingerprint density at radius 2 is 1.86 bits per heavy atom. The molecule has 0 aliphatic carbocycles. The molecule has 0 radical (unpaired) electrons. The molecule has 196 valence electrons. The van der Waals surface area contributed by atoms with Crippen LogP contribution in [-0.4, -0.2) is 60.6 Å². The van der Waals surface area contributed by atoms with Crippen molar-refractivity contribution in [1.29, 1.82) is 0 Å². The normalized spacial score (nSPS) is 20.5. The minimum Gasteiger partial charge on any atom is -0.491 e. The lowest BCUT2D eigenvalue weighted by molar-refractivity contribution is -0.164. The van der Waals surface area contributed by atoms with Gasteiger partial charge in [-0.15, -0.1) is 0 Å². The van der Waals surface area contributed by atoms with E-state index in [0.717, 1.165) is 0 Å². The fourth-order valence-electron chi connectivity index (χ4n) is 3.09. The van der Waals surface area contributed by atoms with E-state index in [-0.39, 0.29) is 37.8 Å². The highest BCUT2D eigenvalue weighted by molar-refractivity contribution is 5.71. The summed E-state index contributed by atoms with van der Waals surface area (Å²) in [6, 6.07) is 5.56. The van der Waals surface area contributed by atoms with E-state index in [1.165, 1.54) is 36.4 Å². The molecule has 36 heavy (non-hydrogen) atoms. The summed E-state index contributed by atoms with van der Waals surface area (Å²) in [7, 11) is 0. The van der Waals surface area contributed by atoms with Crippen LogP contribution in [0, 0.1) is 17.7 Å². The van der Waals surface area contributed by atoms with E-state index >= 15 is 0 Å². The van der Waals surface area contributed by atoms with Gasteiger partial charge in [-0.2, -0.15) is 0 Å². The van der Waals surface area contributed by atoms with Crippen LogP contribution in [0.15, 0.2) is 60.7 Å². The molecule has 0 bridgehead atoms. The monoisotopic (exact) mass is 502 g/mol. The second-order valence-electron chi connectivity index (χ2n) is 9.46. The molecule has 1 unspecified atom stereocenters. The fraction of sp³-hybridized carbons (Fsp3) is 0.464. The third-order valence-corrected chi connectivity index (χ3v) is 4.45. The molecule has 1 aromatic carbocycles. The molecule has 1 aliphatic rings. The summed E-state index contributed by atoms with van der Waals surface area (Å²) in [5.74, 6) is 4.54. The van der Waals surface area contributed by atoms with Crippen molar-refractivity contribution >= 4 is 5.97 Å². The number of aliphatic hydroxyl groups is 1. The molecule has 1 saturated heterocycles. The van der Waals surface area contributed by atoms with Crippen LogP contribution >= 0.6 is 0 Å². The van der Waals surface area contributed by atoms with Crippen molar-refractivity contribution in [2.45, 2.75) is 64.3 Å². The smallest absolute Gasteiger partial charge is 0.332 e. The van der Waals surface area contributed by atoms with Crippen LogP contribution in [-0.2, 0) is 23.7 Å². The lowest BCUT2D eigenvalue weighted by atomic mass is 10.2. The zero-order chi connectivity index (χ0) is 26.6. The van der Waals surface area contributed by atoms with E-state index in [2.05, 4.69) is 11.8 Å². The first kappa shape index (κ1) is 29.3. The summed E-state index contributed by atoms with van der Waals surface area (Å²) in [5, 5.41) is 9.89. The van der Waals surface area contributed by atoms with Crippen LogP contribution < -0.4 is 4.74 Å². The number of hydrogen-bond donors (Lipinski definition) is 1. The molecule has 1 fully saturated rings. The molecule has 1 aliphatic heterocycles. The Balaban J connectivity index is 1.74. The standard InChI is InChI=1S/C28H35FO7/c1-27(2,3)36-26(31)20-32-19-25-24(34-28(4,5)35-25)13-11-9-7-6-8-10-12-22(30)18-33-23-16-14-21(29)15-17-23/h7,9-17,22,24-25,30H,18-20H2,1-5H3/t22?,24-,25+/m1/s1. The van der Waals surface area contributed by atoms with Gasteiger partial charge < -0.3 is 28.8 Å². The Bertz CT molecular complexity index is 978. The van der Waals surface area contributed by atoms with Crippen LogP contribution in [0.25, 0.3) is 0 Å². The Labute approximate surface area is 212 Å². The summed E-state index contributed by atoms with van der Waals surface area (Å²) in [4.78, 5) is 11.8. The fourth-order valence-corrected chi connectivity index (χ4v) is 3.09. The number of carbonyl (C=O) groups is 1. The average Bonchev–Trinajstić information content (AvgIpc) is 3.07. The molecule has 0 saturated carbocycles. The minimum absolute atomic E-state index is 0.0326. The highest BCUT2D eigenvalue weighted by Crippen LogP contribution is 2.29. The third-order valence-electron chi connectivity index (χ3n) is 4.45. The lowest BCUT2D eigenvalue weighted by Crippen LogP contribution is -2.30. The van der Waals surface area contributed by atoms with Crippen LogP contribution in [0.1, 0.15) is 34.6 Å². The Kier molecular flexibility index (Phi) is 11.3. The topological polar surface area (TPSA) is 83.5 Å². The van der Waals surface area contributed by atoms with Crippen LogP contribution in [0.5, 0.6) is 5.75 Å². The van der Waals surface area contributed by atoms with E-state index in [0.29, 0.717) is 5.75 Å². The SMILES string of the molecule is CC(C)(C)OC(=O)COC[C@@H]1OC(C)(C)O[C@@H]1C=CC=CC#CC=CC(O)COc1ccc(F)cc1. The van der Waals surface area contributed by atoms with E-state index in [4.69, 9.17) is 23.7 Å². The predicted octanol–water partition coefficient (Wildman–Crippen LogP) is 4.12.